The molecule has 0 aliphatic rings. The summed E-state index contributed by atoms with van der Waals surface area (Å²) in [6.07, 6.45) is -0.882. The zero-order valence-corrected chi connectivity index (χ0v) is 16.0. The number of amides is 1. The van der Waals surface area contributed by atoms with Crippen LogP contribution in [0.1, 0.15) is 43.7 Å². The minimum Gasteiger partial charge on any atom is -0.360 e. The van der Waals surface area contributed by atoms with Crippen molar-refractivity contribution in [2.24, 2.45) is 0 Å². The van der Waals surface area contributed by atoms with Crippen LogP contribution >= 0.6 is 23.8 Å². The van der Waals surface area contributed by atoms with E-state index in [0.717, 1.165) is 31.4 Å². The summed E-state index contributed by atoms with van der Waals surface area (Å²) in [7, 11) is 0. The average molecular weight is 410 g/mol. The normalized spacial score (nSPS) is 12.3. The molecule has 0 bridgehead atoms. The number of thiocarbonyl (C=S) groups is 1. The van der Waals surface area contributed by atoms with Gasteiger partial charge in [-0.25, -0.2) is 0 Å². The van der Waals surface area contributed by atoms with E-state index in [0.29, 0.717) is 12.0 Å². The Balaban J connectivity index is 2.32. The summed E-state index contributed by atoms with van der Waals surface area (Å²) in [5.41, 5.74) is 4.84. The molecule has 1 rings (SSSR count). The Labute approximate surface area is 161 Å². The van der Waals surface area contributed by atoms with Crippen LogP contribution in [-0.4, -0.2) is 22.9 Å². The number of unbranched alkanes of at least 4 members (excludes halogenated alkanes) is 2. The van der Waals surface area contributed by atoms with E-state index in [1.165, 1.54) is 6.07 Å². The summed E-state index contributed by atoms with van der Waals surface area (Å²) in [5.74, 6) is -0.158. The maximum atomic E-state index is 12.7. The molecule has 0 radical (unpaired) electrons. The van der Waals surface area contributed by atoms with Crippen LogP contribution in [0.15, 0.2) is 24.3 Å². The number of hydrazine groups is 1. The van der Waals surface area contributed by atoms with Crippen molar-refractivity contribution >= 4 is 34.8 Å². The van der Waals surface area contributed by atoms with E-state index in [4.69, 9.17) is 23.8 Å². The molecule has 1 aromatic rings. The van der Waals surface area contributed by atoms with Gasteiger partial charge in [0.2, 0.25) is 5.91 Å². The van der Waals surface area contributed by atoms with Crippen molar-refractivity contribution in [3.8, 4) is 0 Å². The zero-order valence-electron chi connectivity index (χ0n) is 14.5. The molecular formula is C17H23ClF3N3OS. The van der Waals surface area contributed by atoms with Crippen molar-refractivity contribution in [2.75, 3.05) is 6.54 Å². The molecule has 0 unspecified atom stereocenters. The number of alkyl halides is 4. The number of nitrogens with one attached hydrogen (secondary N) is 3. The molecule has 1 atom stereocenters. The Bertz CT molecular complexity index is 599. The van der Waals surface area contributed by atoms with E-state index in [-0.39, 0.29) is 24.0 Å². The number of carbonyl (C=O) groups excluding carboxylic acids is 1. The highest BCUT2D eigenvalue weighted by molar-refractivity contribution is 7.80. The molecule has 0 fully saturated rings. The largest absolute Gasteiger partial charge is 0.416 e. The van der Waals surface area contributed by atoms with Crippen LogP contribution in [-0.2, 0) is 17.4 Å². The molecule has 146 valence electrons. The van der Waals surface area contributed by atoms with Crippen LogP contribution in [0.5, 0.6) is 0 Å². The lowest BCUT2D eigenvalue weighted by atomic mass is 10.1. The maximum absolute atomic E-state index is 12.7. The Morgan fingerprint density at radius 3 is 2.65 bits per heavy atom. The Morgan fingerprint density at radius 1 is 1.27 bits per heavy atom. The molecule has 0 heterocycles. The van der Waals surface area contributed by atoms with Gasteiger partial charge in [-0.2, -0.15) is 13.2 Å². The minimum atomic E-state index is -4.38. The fourth-order valence-electron chi connectivity index (χ4n) is 2.17. The first-order valence-electron chi connectivity index (χ1n) is 8.35. The predicted molar refractivity (Wildman–Crippen MR) is 101 cm³/mol. The van der Waals surface area contributed by atoms with Crippen LogP contribution in [0.25, 0.3) is 0 Å². The monoisotopic (exact) mass is 409 g/mol. The SMILES string of the molecule is CCCCCC(=O)NNC(=S)NC[C@H](Cl)Cc1cccc(C(F)(F)F)c1. The second-order valence-electron chi connectivity index (χ2n) is 5.84. The highest BCUT2D eigenvalue weighted by atomic mass is 35.5. The maximum Gasteiger partial charge on any atom is 0.416 e. The molecule has 1 amide bonds. The zero-order chi connectivity index (χ0) is 19.6. The van der Waals surface area contributed by atoms with Crippen molar-refractivity contribution in [1.29, 1.82) is 0 Å². The minimum absolute atomic E-state index is 0.158. The quantitative estimate of drug-likeness (QED) is 0.263. The third-order valence-corrected chi connectivity index (χ3v) is 4.07. The van der Waals surface area contributed by atoms with Gasteiger partial charge in [0.05, 0.1) is 10.9 Å². The number of benzene rings is 1. The first kappa shape index (κ1) is 22.5. The lowest BCUT2D eigenvalue weighted by Gasteiger charge is -2.15. The van der Waals surface area contributed by atoms with Gasteiger partial charge in [-0.05, 0) is 36.7 Å². The Kier molecular flexibility index (Phi) is 9.72. The number of halogens is 4. The lowest BCUT2D eigenvalue weighted by molar-refractivity contribution is -0.137. The van der Waals surface area contributed by atoms with Crippen LogP contribution < -0.4 is 16.2 Å². The molecule has 0 aromatic heterocycles. The fraction of sp³-hybridized carbons (Fsp3) is 0.529. The molecule has 0 aliphatic heterocycles. The standard InChI is InChI=1S/C17H23ClF3N3OS/c1-2-3-4-8-15(25)23-24-16(26)22-11-14(18)10-12-6-5-7-13(9-12)17(19,20)21/h5-7,9,14H,2-4,8,10-11H2,1H3,(H,23,25)(H2,22,24,26)/t14-/m1/s1. The van der Waals surface area contributed by atoms with Gasteiger partial charge in [0.15, 0.2) is 5.11 Å². The summed E-state index contributed by atoms with van der Waals surface area (Å²) in [5, 5.41) is 2.56. The average Bonchev–Trinajstić information content (AvgIpc) is 2.58. The van der Waals surface area contributed by atoms with Gasteiger partial charge in [-0.3, -0.25) is 15.6 Å². The van der Waals surface area contributed by atoms with E-state index in [2.05, 4.69) is 23.1 Å². The molecule has 0 saturated carbocycles. The van der Waals surface area contributed by atoms with Crippen LogP contribution in [0, 0.1) is 0 Å². The van der Waals surface area contributed by atoms with E-state index in [1.54, 1.807) is 6.07 Å². The summed E-state index contributed by atoms with van der Waals surface area (Å²) in [6, 6.07) is 5.06. The van der Waals surface area contributed by atoms with Crippen molar-refractivity contribution in [2.45, 2.75) is 50.6 Å². The molecule has 0 spiro atoms. The van der Waals surface area contributed by atoms with Gasteiger partial charge < -0.3 is 5.32 Å². The number of rotatable bonds is 8. The highest BCUT2D eigenvalue weighted by Gasteiger charge is 2.30. The second kappa shape index (κ2) is 11.2. The molecule has 9 heteroatoms. The highest BCUT2D eigenvalue weighted by Crippen LogP contribution is 2.29. The van der Waals surface area contributed by atoms with Crippen LogP contribution in [0.4, 0.5) is 13.2 Å². The topological polar surface area (TPSA) is 53.2 Å². The molecule has 0 aliphatic carbocycles. The number of hydrogen-bond acceptors (Lipinski definition) is 2. The summed E-state index contributed by atoms with van der Waals surface area (Å²) in [6.45, 7) is 2.30. The Morgan fingerprint density at radius 2 is 2.00 bits per heavy atom. The molecule has 0 saturated heterocycles. The summed E-state index contributed by atoms with van der Waals surface area (Å²) >= 11 is 11.2. The van der Waals surface area contributed by atoms with Gasteiger partial charge in [0, 0.05) is 13.0 Å². The molecule has 4 nitrogen and oxygen atoms in total. The predicted octanol–water partition coefficient (Wildman–Crippen LogP) is 3.93. The van der Waals surface area contributed by atoms with Gasteiger partial charge in [0.25, 0.3) is 0 Å². The first-order chi connectivity index (χ1) is 12.2. The van der Waals surface area contributed by atoms with E-state index < -0.39 is 17.1 Å². The van der Waals surface area contributed by atoms with Gasteiger partial charge in [-0.1, -0.05) is 38.0 Å². The lowest BCUT2D eigenvalue weighted by Crippen LogP contribution is -2.48. The van der Waals surface area contributed by atoms with Crippen molar-refractivity contribution in [3.05, 3.63) is 35.4 Å². The van der Waals surface area contributed by atoms with Gasteiger partial charge >= 0.3 is 6.18 Å². The van der Waals surface area contributed by atoms with E-state index >= 15 is 0 Å². The fourth-order valence-corrected chi connectivity index (χ4v) is 2.56. The molecule has 26 heavy (non-hydrogen) atoms. The van der Waals surface area contributed by atoms with E-state index in [1.807, 2.05) is 0 Å². The number of carbonyl (C=O) groups is 1. The van der Waals surface area contributed by atoms with Crippen molar-refractivity contribution in [3.63, 3.8) is 0 Å². The van der Waals surface area contributed by atoms with Gasteiger partial charge in [0.1, 0.15) is 0 Å². The smallest absolute Gasteiger partial charge is 0.360 e. The van der Waals surface area contributed by atoms with Gasteiger partial charge in [-0.15, -0.1) is 11.6 Å². The summed E-state index contributed by atoms with van der Waals surface area (Å²) < 4.78 is 38.1. The first-order valence-corrected chi connectivity index (χ1v) is 9.19. The molecule has 1 aromatic carbocycles. The molecular weight excluding hydrogens is 387 g/mol. The van der Waals surface area contributed by atoms with E-state index in [9.17, 15) is 18.0 Å². The third kappa shape index (κ3) is 9.24. The number of hydrogen-bond donors (Lipinski definition) is 3. The van der Waals surface area contributed by atoms with Crippen LogP contribution in [0.3, 0.4) is 0 Å². The third-order valence-electron chi connectivity index (χ3n) is 3.52. The van der Waals surface area contributed by atoms with Crippen molar-refractivity contribution in [1.82, 2.24) is 16.2 Å². The van der Waals surface area contributed by atoms with Crippen LogP contribution in [0.2, 0.25) is 0 Å². The van der Waals surface area contributed by atoms with Crippen molar-refractivity contribution < 1.29 is 18.0 Å². The second-order valence-corrected chi connectivity index (χ2v) is 6.87. The Hall–Kier alpha value is -1.54. The summed E-state index contributed by atoms with van der Waals surface area (Å²) in [4.78, 5) is 11.5. The molecule has 3 N–H and O–H groups in total.